The summed E-state index contributed by atoms with van der Waals surface area (Å²) in [7, 11) is 0. The first-order valence-electron chi connectivity index (χ1n) is 10.3. The molecular weight excluding hydrogens is 494 g/mol. The molecule has 170 valence electrons. The summed E-state index contributed by atoms with van der Waals surface area (Å²) in [5.74, 6) is 0.572. The molecule has 0 spiro atoms. The van der Waals surface area contributed by atoms with Crippen molar-refractivity contribution in [2.24, 2.45) is 0 Å². The Morgan fingerprint density at radius 1 is 1.06 bits per heavy atom. The molecule has 1 aliphatic rings. The average molecular weight is 516 g/mol. The molecule has 32 heavy (non-hydrogen) atoms. The Kier molecular flexibility index (Phi) is 8.22. The molecule has 5 nitrogen and oxygen atoms in total. The van der Waals surface area contributed by atoms with Crippen molar-refractivity contribution < 1.29 is 14.2 Å². The smallest absolute Gasteiger partial charge is 0.159 e. The number of hydrogen-bond donors (Lipinski definition) is 0. The predicted octanol–water partition coefficient (Wildman–Crippen LogP) is 7.31. The molecule has 1 aromatic heterocycles. The van der Waals surface area contributed by atoms with Gasteiger partial charge in [0.15, 0.2) is 6.29 Å². The minimum absolute atomic E-state index is 0.131. The molecule has 0 saturated carbocycles. The first-order valence-corrected chi connectivity index (χ1v) is 11.8. The van der Waals surface area contributed by atoms with Gasteiger partial charge in [-0.2, -0.15) is 0 Å². The SMILES string of the molecule is Clc1ccc(C(OC2CCCC(COc3ccc(Cl)cc3Cl)O2)C(Cl)n2ccnc2)cc1. The van der Waals surface area contributed by atoms with Gasteiger partial charge in [0.2, 0.25) is 0 Å². The van der Waals surface area contributed by atoms with Crippen molar-refractivity contribution in [3.8, 4) is 5.75 Å². The van der Waals surface area contributed by atoms with Crippen molar-refractivity contribution in [2.75, 3.05) is 6.61 Å². The molecule has 1 fully saturated rings. The van der Waals surface area contributed by atoms with E-state index in [0.717, 1.165) is 24.8 Å². The van der Waals surface area contributed by atoms with E-state index in [9.17, 15) is 0 Å². The fourth-order valence-corrected chi connectivity index (χ4v) is 4.46. The van der Waals surface area contributed by atoms with E-state index in [1.165, 1.54) is 0 Å². The zero-order valence-electron chi connectivity index (χ0n) is 17.0. The molecular formula is C23H22Cl4N2O3. The van der Waals surface area contributed by atoms with E-state index in [2.05, 4.69) is 4.98 Å². The Hall–Kier alpha value is -1.47. The van der Waals surface area contributed by atoms with Crippen LogP contribution in [0, 0.1) is 0 Å². The van der Waals surface area contributed by atoms with Crippen LogP contribution in [0.2, 0.25) is 15.1 Å². The molecule has 4 atom stereocenters. The van der Waals surface area contributed by atoms with Gasteiger partial charge >= 0.3 is 0 Å². The lowest BCUT2D eigenvalue weighted by Gasteiger charge is -2.34. The molecule has 2 heterocycles. The molecule has 2 aromatic carbocycles. The average Bonchev–Trinajstić information content (AvgIpc) is 3.33. The van der Waals surface area contributed by atoms with E-state index in [0.29, 0.717) is 27.4 Å². The Morgan fingerprint density at radius 3 is 2.56 bits per heavy atom. The highest BCUT2D eigenvalue weighted by atomic mass is 35.5. The van der Waals surface area contributed by atoms with Gasteiger partial charge < -0.3 is 18.8 Å². The lowest BCUT2D eigenvalue weighted by molar-refractivity contribution is -0.224. The van der Waals surface area contributed by atoms with Crippen molar-refractivity contribution in [3.05, 3.63) is 81.8 Å². The molecule has 9 heteroatoms. The maximum atomic E-state index is 6.77. The summed E-state index contributed by atoms with van der Waals surface area (Å²) in [5, 5.41) is 1.67. The zero-order valence-corrected chi connectivity index (χ0v) is 20.1. The van der Waals surface area contributed by atoms with Gasteiger partial charge in [0.05, 0.1) is 17.5 Å². The second kappa shape index (κ2) is 11.1. The van der Waals surface area contributed by atoms with Gasteiger partial charge in [-0.1, -0.05) is 58.5 Å². The van der Waals surface area contributed by atoms with E-state index < -0.39 is 17.9 Å². The van der Waals surface area contributed by atoms with E-state index in [1.807, 2.05) is 24.3 Å². The lowest BCUT2D eigenvalue weighted by atomic mass is 10.1. The first-order chi connectivity index (χ1) is 15.5. The normalized spacial score (nSPS) is 20.6. The Labute approximate surface area is 207 Å². The summed E-state index contributed by atoms with van der Waals surface area (Å²) in [6.45, 7) is 0.360. The summed E-state index contributed by atoms with van der Waals surface area (Å²) in [4.78, 5) is 4.09. The van der Waals surface area contributed by atoms with Gasteiger partial charge in [0.25, 0.3) is 0 Å². The molecule has 0 amide bonds. The van der Waals surface area contributed by atoms with Gasteiger partial charge in [-0.3, -0.25) is 0 Å². The Balaban J connectivity index is 1.42. The maximum Gasteiger partial charge on any atom is 0.159 e. The number of nitrogens with zero attached hydrogens (tertiary/aromatic N) is 2. The lowest BCUT2D eigenvalue weighted by Crippen LogP contribution is -2.35. The standard InChI is InChI=1S/C23H22Cl4N2O3/c24-16-6-4-15(5-7-16)22(23(27)29-11-10-28-14-29)32-21-3-1-2-18(31-21)13-30-20-9-8-17(25)12-19(20)26/h4-12,14,18,21-23H,1-3,13H2. The maximum absolute atomic E-state index is 6.77. The van der Waals surface area contributed by atoms with E-state index in [-0.39, 0.29) is 6.10 Å². The minimum Gasteiger partial charge on any atom is -0.489 e. The molecule has 0 aliphatic carbocycles. The Bertz CT molecular complexity index is 1000. The highest BCUT2D eigenvalue weighted by molar-refractivity contribution is 6.35. The highest BCUT2D eigenvalue weighted by Crippen LogP contribution is 2.37. The minimum atomic E-state index is -0.508. The topological polar surface area (TPSA) is 45.5 Å². The summed E-state index contributed by atoms with van der Waals surface area (Å²) >= 11 is 25.0. The molecule has 3 aromatic rings. The van der Waals surface area contributed by atoms with Crippen molar-refractivity contribution in [3.63, 3.8) is 0 Å². The van der Waals surface area contributed by atoms with Crippen molar-refractivity contribution >= 4 is 46.4 Å². The zero-order chi connectivity index (χ0) is 22.5. The summed E-state index contributed by atoms with van der Waals surface area (Å²) in [5.41, 5.74) is 0.393. The van der Waals surface area contributed by atoms with E-state index in [4.69, 9.17) is 60.6 Å². The number of aromatic nitrogens is 2. The Morgan fingerprint density at radius 2 is 1.84 bits per heavy atom. The van der Waals surface area contributed by atoms with Crippen LogP contribution in [-0.4, -0.2) is 28.6 Å². The van der Waals surface area contributed by atoms with E-state index in [1.54, 1.807) is 41.5 Å². The molecule has 4 rings (SSSR count). The molecule has 4 unspecified atom stereocenters. The van der Waals surface area contributed by atoms with Crippen molar-refractivity contribution in [1.29, 1.82) is 0 Å². The quantitative estimate of drug-likeness (QED) is 0.295. The van der Waals surface area contributed by atoms with Crippen LogP contribution in [0.15, 0.2) is 61.2 Å². The molecule has 1 aliphatic heterocycles. The van der Waals surface area contributed by atoms with Crippen LogP contribution >= 0.6 is 46.4 Å². The largest absolute Gasteiger partial charge is 0.489 e. The van der Waals surface area contributed by atoms with Crippen LogP contribution in [0.25, 0.3) is 0 Å². The third kappa shape index (κ3) is 6.10. The van der Waals surface area contributed by atoms with Crippen LogP contribution in [0.5, 0.6) is 5.75 Å². The van der Waals surface area contributed by atoms with Crippen molar-refractivity contribution in [1.82, 2.24) is 9.55 Å². The monoisotopic (exact) mass is 514 g/mol. The fourth-order valence-electron chi connectivity index (χ4n) is 3.55. The predicted molar refractivity (Wildman–Crippen MR) is 127 cm³/mol. The summed E-state index contributed by atoms with van der Waals surface area (Å²) in [6.07, 6.45) is 6.70. The number of alkyl halides is 1. The van der Waals surface area contributed by atoms with Gasteiger partial charge in [-0.05, 0) is 55.2 Å². The number of halogens is 4. The van der Waals surface area contributed by atoms with Crippen LogP contribution in [0.1, 0.15) is 36.4 Å². The number of benzene rings is 2. The third-order valence-electron chi connectivity index (χ3n) is 5.19. The number of rotatable bonds is 8. The number of imidazole rings is 1. The van der Waals surface area contributed by atoms with Crippen LogP contribution < -0.4 is 4.74 Å². The number of ether oxygens (including phenoxy) is 3. The molecule has 0 N–H and O–H groups in total. The molecule has 0 radical (unpaired) electrons. The first kappa shape index (κ1) is 23.7. The van der Waals surface area contributed by atoms with Gasteiger partial charge in [-0.15, -0.1) is 0 Å². The second-order valence-electron chi connectivity index (χ2n) is 7.50. The highest BCUT2D eigenvalue weighted by Gasteiger charge is 2.31. The number of hydrogen-bond acceptors (Lipinski definition) is 4. The van der Waals surface area contributed by atoms with E-state index >= 15 is 0 Å². The molecule has 1 saturated heterocycles. The van der Waals surface area contributed by atoms with Crippen LogP contribution in [-0.2, 0) is 9.47 Å². The van der Waals surface area contributed by atoms with Crippen molar-refractivity contribution in [2.45, 2.75) is 43.3 Å². The second-order valence-corrected chi connectivity index (χ2v) is 9.22. The molecule has 0 bridgehead atoms. The van der Waals surface area contributed by atoms with Gasteiger partial charge in [0.1, 0.15) is 24.0 Å². The summed E-state index contributed by atoms with van der Waals surface area (Å²) < 4.78 is 20.2. The summed E-state index contributed by atoms with van der Waals surface area (Å²) in [6, 6.07) is 12.6. The van der Waals surface area contributed by atoms with Crippen LogP contribution in [0.4, 0.5) is 0 Å². The van der Waals surface area contributed by atoms with Gasteiger partial charge in [0, 0.05) is 22.4 Å². The third-order valence-corrected chi connectivity index (χ3v) is 6.42. The fraction of sp³-hybridized carbons (Fsp3) is 0.348. The van der Waals surface area contributed by atoms with Crippen LogP contribution in [0.3, 0.4) is 0 Å². The van der Waals surface area contributed by atoms with Gasteiger partial charge in [-0.25, -0.2) is 4.98 Å².